The molecule has 0 saturated carbocycles. The molecule has 0 radical (unpaired) electrons. The van der Waals surface area contributed by atoms with Crippen molar-refractivity contribution in [2.24, 2.45) is 10.9 Å². The number of nitrogens with one attached hydrogen (secondary N) is 3. The number of carbonyl (C=O) groups is 1. The van der Waals surface area contributed by atoms with Crippen molar-refractivity contribution in [1.82, 2.24) is 16.0 Å². The number of alkyl carbamates (subject to hydrolysis) is 1. The van der Waals surface area contributed by atoms with Crippen molar-refractivity contribution in [3.05, 3.63) is 0 Å². The molecule has 0 bridgehead atoms. The van der Waals surface area contributed by atoms with Crippen molar-refractivity contribution in [2.75, 3.05) is 20.2 Å². The molecule has 1 unspecified atom stereocenters. The van der Waals surface area contributed by atoms with Gasteiger partial charge in [-0.15, -0.1) is 24.0 Å². The van der Waals surface area contributed by atoms with E-state index in [-0.39, 0.29) is 36.1 Å². The van der Waals surface area contributed by atoms with Gasteiger partial charge in [-0.25, -0.2) is 4.79 Å². The lowest BCUT2D eigenvalue weighted by molar-refractivity contribution is 0.146. The smallest absolute Gasteiger partial charge is 0.407 e. The Balaban J connectivity index is 0. The van der Waals surface area contributed by atoms with Crippen LogP contribution in [0.3, 0.4) is 0 Å². The van der Waals surface area contributed by atoms with E-state index < -0.39 is 0 Å². The van der Waals surface area contributed by atoms with E-state index in [2.05, 4.69) is 48.6 Å². The van der Waals surface area contributed by atoms with E-state index in [9.17, 15) is 4.79 Å². The zero-order valence-corrected chi connectivity index (χ0v) is 16.4. The SMILES string of the molecule is CCOC(=O)NC(CNC(=NC)NC(C)C)CC(C)C.I. The molecule has 0 spiro atoms. The Morgan fingerprint density at radius 3 is 2.24 bits per heavy atom. The Kier molecular flexibility index (Phi) is 13.9. The molecular weight excluding hydrogens is 383 g/mol. The van der Waals surface area contributed by atoms with Gasteiger partial charge < -0.3 is 20.7 Å². The second kappa shape index (κ2) is 13.0. The zero-order valence-electron chi connectivity index (χ0n) is 14.0. The molecule has 3 N–H and O–H groups in total. The van der Waals surface area contributed by atoms with Gasteiger partial charge in [-0.1, -0.05) is 13.8 Å². The summed E-state index contributed by atoms with van der Waals surface area (Å²) in [6, 6.07) is 0.322. The van der Waals surface area contributed by atoms with E-state index >= 15 is 0 Å². The summed E-state index contributed by atoms with van der Waals surface area (Å²) in [6.45, 7) is 11.1. The van der Waals surface area contributed by atoms with Crippen molar-refractivity contribution >= 4 is 36.0 Å². The highest BCUT2D eigenvalue weighted by Crippen LogP contribution is 2.04. The van der Waals surface area contributed by atoms with Crippen LogP contribution >= 0.6 is 24.0 Å². The standard InChI is InChI=1S/C14H30N4O2.HI/c1-7-20-14(19)18-12(8-10(2)3)9-16-13(15-6)17-11(4)5;/h10-12H,7-9H2,1-6H3,(H,18,19)(H2,15,16,17);1H. The predicted octanol–water partition coefficient (Wildman–Crippen LogP) is 2.34. The highest BCUT2D eigenvalue weighted by Gasteiger charge is 2.15. The van der Waals surface area contributed by atoms with E-state index in [1.165, 1.54) is 0 Å². The van der Waals surface area contributed by atoms with Crippen LogP contribution < -0.4 is 16.0 Å². The van der Waals surface area contributed by atoms with Gasteiger partial charge in [0.2, 0.25) is 0 Å². The molecule has 1 atom stereocenters. The minimum atomic E-state index is -0.369. The molecule has 0 aliphatic carbocycles. The van der Waals surface area contributed by atoms with Crippen LogP contribution in [-0.2, 0) is 4.74 Å². The van der Waals surface area contributed by atoms with Crippen molar-refractivity contribution in [1.29, 1.82) is 0 Å². The fourth-order valence-electron chi connectivity index (χ4n) is 1.79. The average molecular weight is 414 g/mol. The molecule has 0 rings (SSSR count). The number of hydrogen-bond donors (Lipinski definition) is 3. The molecule has 7 heteroatoms. The molecule has 0 aromatic heterocycles. The Morgan fingerprint density at radius 1 is 1.19 bits per heavy atom. The van der Waals surface area contributed by atoms with Crippen LogP contribution in [0.15, 0.2) is 4.99 Å². The highest BCUT2D eigenvalue weighted by molar-refractivity contribution is 14.0. The fourth-order valence-corrected chi connectivity index (χ4v) is 1.79. The third-order valence-electron chi connectivity index (χ3n) is 2.52. The average Bonchev–Trinajstić information content (AvgIpc) is 2.33. The summed E-state index contributed by atoms with van der Waals surface area (Å²) in [4.78, 5) is 15.7. The number of rotatable bonds is 7. The first-order valence-corrected chi connectivity index (χ1v) is 7.29. The summed E-state index contributed by atoms with van der Waals surface area (Å²) in [7, 11) is 1.73. The molecule has 0 aromatic rings. The molecule has 0 aromatic carbocycles. The third kappa shape index (κ3) is 12.7. The lowest BCUT2D eigenvalue weighted by atomic mass is 10.0. The predicted molar refractivity (Wildman–Crippen MR) is 98.4 cm³/mol. The summed E-state index contributed by atoms with van der Waals surface area (Å²) in [6.07, 6.45) is 0.511. The molecular formula is C14H31IN4O2. The van der Waals surface area contributed by atoms with Crippen LogP contribution in [0.5, 0.6) is 0 Å². The molecule has 0 aliphatic rings. The maximum absolute atomic E-state index is 11.5. The molecule has 1 amide bonds. The number of ether oxygens (including phenoxy) is 1. The molecule has 6 nitrogen and oxygen atoms in total. The van der Waals surface area contributed by atoms with Crippen LogP contribution in [0.1, 0.15) is 41.0 Å². The number of halogens is 1. The summed E-state index contributed by atoms with van der Waals surface area (Å²) < 4.78 is 4.93. The fraction of sp³-hybridized carbons (Fsp3) is 0.857. The molecule has 126 valence electrons. The largest absolute Gasteiger partial charge is 0.450 e. The van der Waals surface area contributed by atoms with Crippen LogP contribution in [0.4, 0.5) is 4.79 Å². The minimum Gasteiger partial charge on any atom is -0.450 e. The van der Waals surface area contributed by atoms with Gasteiger partial charge in [0.05, 0.1) is 6.61 Å². The van der Waals surface area contributed by atoms with Gasteiger partial charge in [-0.3, -0.25) is 4.99 Å². The number of guanidine groups is 1. The van der Waals surface area contributed by atoms with Crippen LogP contribution in [0.2, 0.25) is 0 Å². The molecule has 0 saturated heterocycles. The maximum atomic E-state index is 11.5. The first kappa shape index (κ1) is 22.5. The first-order chi connectivity index (χ1) is 9.38. The molecule has 0 fully saturated rings. The number of nitrogens with zero attached hydrogens (tertiary/aromatic N) is 1. The van der Waals surface area contributed by atoms with Crippen LogP contribution in [-0.4, -0.2) is 44.3 Å². The lowest BCUT2D eigenvalue weighted by Gasteiger charge is -2.22. The molecule has 21 heavy (non-hydrogen) atoms. The van der Waals surface area contributed by atoms with E-state index in [1.54, 1.807) is 14.0 Å². The van der Waals surface area contributed by atoms with Crippen molar-refractivity contribution < 1.29 is 9.53 Å². The van der Waals surface area contributed by atoms with Gasteiger partial charge >= 0.3 is 6.09 Å². The Morgan fingerprint density at radius 2 is 1.81 bits per heavy atom. The second-order valence-electron chi connectivity index (χ2n) is 5.44. The monoisotopic (exact) mass is 414 g/mol. The van der Waals surface area contributed by atoms with Gasteiger partial charge in [0.1, 0.15) is 0 Å². The van der Waals surface area contributed by atoms with Gasteiger partial charge in [-0.05, 0) is 33.1 Å². The van der Waals surface area contributed by atoms with Crippen LogP contribution in [0.25, 0.3) is 0 Å². The Labute approximate surface area is 145 Å². The quantitative estimate of drug-likeness (QED) is 0.340. The van der Waals surface area contributed by atoms with E-state index in [0.717, 1.165) is 12.4 Å². The van der Waals surface area contributed by atoms with Gasteiger partial charge in [0.25, 0.3) is 0 Å². The zero-order chi connectivity index (χ0) is 15.5. The van der Waals surface area contributed by atoms with E-state index in [1.807, 2.05) is 0 Å². The van der Waals surface area contributed by atoms with Gasteiger partial charge in [0, 0.05) is 25.7 Å². The number of carbonyl (C=O) groups excluding carboxylic acids is 1. The van der Waals surface area contributed by atoms with Crippen molar-refractivity contribution in [2.45, 2.75) is 53.1 Å². The topological polar surface area (TPSA) is 74.8 Å². The summed E-state index contributed by atoms with van der Waals surface area (Å²) in [5.74, 6) is 1.23. The second-order valence-corrected chi connectivity index (χ2v) is 5.44. The van der Waals surface area contributed by atoms with Crippen LogP contribution in [0, 0.1) is 5.92 Å². The third-order valence-corrected chi connectivity index (χ3v) is 2.52. The summed E-state index contributed by atoms with van der Waals surface area (Å²) in [5.41, 5.74) is 0. The summed E-state index contributed by atoms with van der Waals surface area (Å²) >= 11 is 0. The number of amides is 1. The van der Waals surface area contributed by atoms with E-state index in [4.69, 9.17) is 4.74 Å². The minimum absolute atomic E-state index is 0. The molecule has 0 aliphatic heterocycles. The van der Waals surface area contributed by atoms with Crippen molar-refractivity contribution in [3.63, 3.8) is 0 Å². The molecule has 0 heterocycles. The highest BCUT2D eigenvalue weighted by atomic mass is 127. The lowest BCUT2D eigenvalue weighted by Crippen LogP contribution is -2.48. The Bertz CT molecular complexity index is 309. The number of hydrogen-bond acceptors (Lipinski definition) is 3. The number of aliphatic imine (C=N–C) groups is 1. The normalized spacial score (nSPS) is 12.7. The summed E-state index contributed by atoms with van der Waals surface area (Å²) in [5, 5.41) is 9.31. The van der Waals surface area contributed by atoms with Gasteiger partial charge in [-0.2, -0.15) is 0 Å². The van der Waals surface area contributed by atoms with Gasteiger partial charge in [0.15, 0.2) is 5.96 Å². The van der Waals surface area contributed by atoms with Crippen molar-refractivity contribution in [3.8, 4) is 0 Å². The Hall–Kier alpha value is -0.730. The maximum Gasteiger partial charge on any atom is 0.407 e. The first-order valence-electron chi connectivity index (χ1n) is 7.29. The van der Waals surface area contributed by atoms with E-state index in [0.29, 0.717) is 25.1 Å².